The van der Waals surface area contributed by atoms with Gasteiger partial charge >= 0.3 is 5.97 Å². The number of methoxy groups -OCH3 is 1. The van der Waals surface area contributed by atoms with Crippen molar-refractivity contribution in [3.63, 3.8) is 0 Å². The standard InChI is InChI=1S/C10H14N2O3/c1-6-3-7(5-12-9(6)13)4-8(11)10(14)15-2/h3,5,8H,4,11H2,1-2H3,(H,12,13)/t8-/m1/s1. The van der Waals surface area contributed by atoms with Gasteiger partial charge in [-0.05, 0) is 25.0 Å². The Morgan fingerprint density at radius 2 is 2.33 bits per heavy atom. The predicted molar refractivity (Wildman–Crippen MR) is 55.5 cm³/mol. The summed E-state index contributed by atoms with van der Waals surface area (Å²) < 4.78 is 4.50. The van der Waals surface area contributed by atoms with E-state index in [4.69, 9.17) is 5.73 Å². The zero-order valence-electron chi connectivity index (χ0n) is 8.74. The third-order valence-corrected chi connectivity index (χ3v) is 2.11. The summed E-state index contributed by atoms with van der Waals surface area (Å²) >= 11 is 0. The molecule has 0 aliphatic rings. The zero-order valence-corrected chi connectivity index (χ0v) is 8.74. The molecule has 1 aromatic rings. The van der Waals surface area contributed by atoms with Crippen molar-refractivity contribution < 1.29 is 9.53 Å². The highest BCUT2D eigenvalue weighted by atomic mass is 16.5. The van der Waals surface area contributed by atoms with Crippen LogP contribution in [0.15, 0.2) is 17.1 Å². The fraction of sp³-hybridized carbons (Fsp3) is 0.400. The maximum atomic E-state index is 11.1. The molecule has 0 saturated heterocycles. The Morgan fingerprint density at radius 1 is 1.67 bits per heavy atom. The van der Waals surface area contributed by atoms with Crippen molar-refractivity contribution in [2.75, 3.05) is 7.11 Å². The number of esters is 1. The fourth-order valence-corrected chi connectivity index (χ4v) is 1.26. The Labute approximate surface area is 87.3 Å². The predicted octanol–water partition coefficient (Wildman–Crippen LogP) is -0.274. The van der Waals surface area contributed by atoms with Gasteiger partial charge in [0.2, 0.25) is 0 Å². The average Bonchev–Trinajstić information content (AvgIpc) is 2.22. The second kappa shape index (κ2) is 4.75. The molecule has 0 bridgehead atoms. The third kappa shape index (κ3) is 2.92. The smallest absolute Gasteiger partial charge is 0.322 e. The fourth-order valence-electron chi connectivity index (χ4n) is 1.26. The van der Waals surface area contributed by atoms with Crippen LogP contribution >= 0.6 is 0 Å². The number of carbonyl (C=O) groups is 1. The van der Waals surface area contributed by atoms with Gasteiger partial charge in [0.15, 0.2) is 0 Å². The molecule has 5 nitrogen and oxygen atoms in total. The van der Waals surface area contributed by atoms with Gasteiger partial charge in [-0.3, -0.25) is 9.59 Å². The number of H-pyrrole nitrogens is 1. The molecule has 1 heterocycles. The van der Waals surface area contributed by atoms with Gasteiger partial charge in [-0.1, -0.05) is 0 Å². The summed E-state index contributed by atoms with van der Waals surface area (Å²) in [5.41, 5.74) is 6.86. The molecule has 1 aromatic heterocycles. The Balaban J connectivity index is 2.77. The highest BCUT2D eigenvalue weighted by molar-refractivity contribution is 5.75. The number of ether oxygens (including phenoxy) is 1. The first-order chi connectivity index (χ1) is 7.04. The normalized spacial score (nSPS) is 12.2. The van der Waals surface area contributed by atoms with Crippen molar-refractivity contribution in [3.05, 3.63) is 33.7 Å². The SMILES string of the molecule is COC(=O)[C@H](N)Cc1c[nH]c(=O)c(C)c1. The van der Waals surface area contributed by atoms with E-state index in [9.17, 15) is 9.59 Å². The maximum Gasteiger partial charge on any atom is 0.322 e. The van der Waals surface area contributed by atoms with Gasteiger partial charge in [0.1, 0.15) is 6.04 Å². The van der Waals surface area contributed by atoms with E-state index in [2.05, 4.69) is 9.72 Å². The molecular formula is C10H14N2O3. The van der Waals surface area contributed by atoms with E-state index in [0.717, 1.165) is 5.56 Å². The van der Waals surface area contributed by atoms with Crippen LogP contribution in [0.3, 0.4) is 0 Å². The number of nitrogens with one attached hydrogen (secondary N) is 1. The first kappa shape index (κ1) is 11.5. The largest absolute Gasteiger partial charge is 0.468 e. The Kier molecular flexibility index (Phi) is 3.62. The lowest BCUT2D eigenvalue weighted by Gasteiger charge is -2.08. The molecule has 3 N–H and O–H groups in total. The zero-order chi connectivity index (χ0) is 11.4. The molecule has 0 aromatic carbocycles. The van der Waals surface area contributed by atoms with E-state index in [1.807, 2.05) is 0 Å². The molecule has 5 heteroatoms. The van der Waals surface area contributed by atoms with Crippen LogP contribution < -0.4 is 11.3 Å². The summed E-state index contributed by atoms with van der Waals surface area (Å²) in [6, 6.07) is 1.02. The molecule has 0 radical (unpaired) electrons. The Bertz CT molecular complexity index is 411. The lowest BCUT2D eigenvalue weighted by atomic mass is 10.1. The number of hydrogen-bond donors (Lipinski definition) is 2. The van der Waals surface area contributed by atoms with E-state index < -0.39 is 12.0 Å². The van der Waals surface area contributed by atoms with Gasteiger partial charge < -0.3 is 15.5 Å². The quantitative estimate of drug-likeness (QED) is 0.672. The molecule has 15 heavy (non-hydrogen) atoms. The van der Waals surface area contributed by atoms with Crippen molar-refractivity contribution in [1.82, 2.24) is 4.98 Å². The number of rotatable bonds is 3. The van der Waals surface area contributed by atoms with Crippen LogP contribution in [0.4, 0.5) is 0 Å². The van der Waals surface area contributed by atoms with Crippen molar-refractivity contribution in [1.29, 1.82) is 0 Å². The lowest BCUT2D eigenvalue weighted by molar-refractivity contribution is -0.142. The summed E-state index contributed by atoms with van der Waals surface area (Å²) in [5, 5.41) is 0. The summed E-state index contributed by atoms with van der Waals surface area (Å²) in [7, 11) is 1.29. The number of carbonyl (C=O) groups excluding carboxylic acids is 1. The van der Waals surface area contributed by atoms with Gasteiger partial charge in [-0.15, -0.1) is 0 Å². The number of aryl methyl sites for hydroxylation is 1. The molecule has 0 fully saturated rings. The highest BCUT2D eigenvalue weighted by Crippen LogP contribution is 2.01. The molecule has 82 valence electrons. The maximum absolute atomic E-state index is 11.1. The van der Waals surface area contributed by atoms with Gasteiger partial charge in [-0.2, -0.15) is 0 Å². The summed E-state index contributed by atoms with van der Waals surface area (Å²) in [6.07, 6.45) is 1.91. The minimum atomic E-state index is -0.694. The molecule has 0 spiro atoms. The monoisotopic (exact) mass is 210 g/mol. The van der Waals surface area contributed by atoms with Gasteiger partial charge in [-0.25, -0.2) is 0 Å². The van der Waals surface area contributed by atoms with Crippen molar-refractivity contribution in [2.24, 2.45) is 5.73 Å². The summed E-state index contributed by atoms with van der Waals surface area (Å²) in [5.74, 6) is -0.459. The minimum Gasteiger partial charge on any atom is -0.468 e. The van der Waals surface area contributed by atoms with Crippen LogP contribution in [0.5, 0.6) is 0 Å². The third-order valence-electron chi connectivity index (χ3n) is 2.11. The number of pyridine rings is 1. The van der Waals surface area contributed by atoms with Crippen LogP contribution in [0.25, 0.3) is 0 Å². The minimum absolute atomic E-state index is 0.134. The van der Waals surface area contributed by atoms with E-state index in [1.54, 1.807) is 19.2 Å². The van der Waals surface area contributed by atoms with Crippen LogP contribution in [0, 0.1) is 6.92 Å². The first-order valence-corrected chi connectivity index (χ1v) is 4.56. The topological polar surface area (TPSA) is 85.2 Å². The molecular weight excluding hydrogens is 196 g/mol. The molecule has 1 atom stereocenters. The Morgan fingerprint density at radius 3 is 2.87 bits per heavy atom. The van der Waals surface area contributed by atoms with Crippen LogP contribution in [0.2, 0.25) is 0 Å². The average molecular weight is 210 g/mol. The Hall–Kier alpha value is -1.62. The number of aromatic nitrogens is 1. The van der Waals surface area contributed by atoms with Crippen molar-refractivity contribution in [2.45, 2.75) is 19.4 Å². The summed E-state index contributed by atoms with van der Waals surface area (Å²) in [4.78, 5) is 24.7. The van der Waals surface area contributed by atoms with E-state index in [-0.39, 0.29) is 5.56 Å². The van der Waals surface area contributed by atoms with Crippen molar-refractivity contribution in [3.8, 4) is 0 Å². The number of nitrogens with two attached hydrogens (primary N) is 1. The molecule has 1 rings (SSSR count). The van der Waals surface area contributed by atoms with Crippen LogP contribution in [-0.2, 0) is 16.0 Å². The van der Waals surface area contributed by atoms with Gasteiger partial charge in [0.05, 0.1) is 7.11 Å². The molecule has 0 unspecified atom stereocenters. The highest BCUT2D eigenvalue weighted by Gasteiger charge is 2.14. The van der Waals surface area contributed by atoms with Crippen molar-refractivity contribution >= 4 is 5.97 Å². The molecule has 0 saturated carbocycles. The van der Waals surface area contributed by atoms with Gasteiger partial charge in [0.25, 0.3) is 5.56 Å². The number of hydrogen-bond acceptors (Lipinski definition) is 4. The number of aromatic amines is 1. The van der Waals surface area contributed by atoms with E-state index in [0.29, 0.717) is 12.0 Å². The second-order valence-electron chi connectivity index (χ2n) is 3.35. The molecule has 0 aliphatic heterocycles. The molecule has 0 amide bonds. The van der Waals surface area contributed by atoms with Crippen LogP contribution in [0.1, 0.15) is 11.1 Å². The summed E-state index contributed by atoms with van der Waals surface area (Å²) in [6.45, 7) is 1.70. The van der Waals surface area contributed by atoms with E-state index in [1.165, 1.54) is 7.11 Å². The van der Waals surface area contributed by atoms with E-state index >= 15 is 0 Å². The second-order valence-corrected chi connectivity index (χ2v) is 3.35. The van der Waals surface area contributed by atoms with Crippen LogP contribution in [-0.4, -0.2) is 24.1 Å². The first-order valence-electron chi connectivity index (χ1n) is 4.56. The van der Waals surface area contributed by atoms with Gasteiger partial charge in [0, 0.05) is 11.8 Å². The lowest BCUT2D eigenvalue weighted by Crippen LogP contribution is -2.33. The molecule has 0 aliphatic carbocycles.